The van der Waals surface area contributed by atoms with Crippen molar-refractivity contribution in [1.82, 2.24) is 0 Å². The molecule has 94 valence electrons. The van der Waals surface area contributed by atoms with Gasteiger partial charge in [0.15, 0.2) is 0 Å². The van der Waals surface area contributed by atoms with Crippen molar-refractivity contribution >= 4 is 30.0 Å². The summed E-state index contributed by atoms with van der Waals surface area (Å²) in [5.74, 6) is -0.935. The molecule has 0 aliphatic heterocycles. The van der Waals surface area contributed by atoms with E-state index in [0.29, 0.717) is 0 Å². The van der Waals surface area contributed by atoms with Gasteiger partial charge in [-0.15, -0.1) is 12.4 Å². The van der Waals surface area contributed by atoms with Crippen molar-refractivity contribution in [2.24, 2.45) is 22.7 Å². The van der Waals surface area contributed by atoms with Crippen molar-refractivity contribution < 1.29 is 9.90 Å². The molecule has 1 saturated carbocycles. The minimum Gasteiger partial charge on any atom is -0.481 e. The summed E-state index contributed by atoms with van der Waals surface area (Å²) in [6.45, 7) is 10.0. The van der Waals surface area contributed by atoms with Crippen LogP contribution >= 0.6 is 24.0 Å². The first kappa shape index (κ1) is 15.8. The maximum atomic E-state index is 10.9. The first-order valence-electron chi connectivity index (χ1n) is 5.19. The van der Waals surface area contributed by atoms with Crippen molar-refractivity contribution in [1.29, 1.82) is 0 Å². The maximum absolute atomic E-state index is 10.9. The fraction of sp³-hybridized carbons (Fsp3) is 0.750. The van der Waals surface area contributed by atoms with E-state index >= 15 is 0 Å². The normalized spacial score (nSPS) is 28.2. The van der Waals surface area contributed by atoms with Crippen LogP contribution in [0.2, 0.25) is 0 Å². The third-order valence-electron chi connectivity index (χ3n) is 3.22. The molecule has 0 heterocycles. The lowest BCUT2D eigenvalue weighted by molar-refractivity contribution is -0.139. The highest BCUT2D eigenvalue weighted by atomic mass is 35.5. The molecule has 0 spiro atoms. The molecule has 1 N–H and O–H groups in total. The molecule has 0 aromatic rings. The van der Waals surface area contributed by atoms with Crippen LogP contribution in [0.1, 0.15) is 34.6 Å². The minimum absolute atomic E-state index is 0. The zero-order valence-corrected chi connectivity index (χ0v) is 11.9. The lowest BCUT2D eigenvalue weighted by Gasteiger charge is -2.17. The number of carboxylic acid groups (broad SMARTS) is 1. The molecule has 1 aliphatic carbocycles. The Kier molecular flexibility index (Phi) is 4.52. The van der Waals surface area contributed by atoms with Gasteiger partial charge in [0.05, 0.1) is 5.92 Å². The van der Waals surface area contributed by atoms with E-state index in [-0.39, 0.29) is 35.1 Å². The topological polar surface area (TPSA) is 37.3 Å². The van der Waals surface area contributed by atoms with E-state index in [1.807, 2.05) is 40.7 Å². The summed E-state index contributed by atoms with van der Waals surface area (Å²) in [6.07, 6.45) is 1.92. The Morgan fingerprint density at radius 3 is 2.06 bits per heavy atom. The largest absolute Gasteiger partial charge is 0.481 e. The predicted octanol–water partition coefficient (Wildman–Crippen LogP) is 3.93. The van der Waals surface area contributed by atoms with E-state index in [9.17, 15) is 4.79 Å². The molecule has 0 aromatic carbocycles. The fourth-order valence-corrected chi connectivity index (χ4v) is 2.00. The molecule has 1 rings (SSSR count). The second kappa shape index (κ2) is 4.58. The maximum Gasteiger partial charge on any atom is 0.307 e. The monoisotopic (exact) mass is 266 g/mol. The first-order valence-corrected chi connectivity index (χ1v) is 5.57. The Morgan fingerprint density at radius 1 is 1.38 bits per heavy atom. The van der Waals surface area contributed by atoms with Crippen LogP contribution in [0.15, 0.2) is 11.1 Å². The number of carbonyl (C=O) groups is 1. The quantitative estimate of drug-likeness (QED) is 0.822. The van der Waals surface area contributed by atoms with Gasteiger partial charge in [-0.2, -0.15) is 0 Å². The van der Waals surface area contributed by atoms with Gasteiger partial charge in [0.1, 0.15) is 0 Å². The van der Waals surface area contributed by atoms with Gasteiger partial charge in [-0.3, -0.25) is 4.79 Å². The van der Waals surface area contributed by atoms with E-state index in [4.69, 9.17) is 16.7 Å². The van der Waals surface area contributed by atoms with Crippen molar-refractivity contribution in [3.05, 3.63) is 11.1 Å². The fourth-order valence-electron chi connectivity index (χ4n) is 1.87. The van der Waals surface area contributed by atoms with Crippen molar-refractivity contribution in [2.75, 3.05) is 0 Å². The zero-order chi connectivity index (χ0) is 12.0. The Hall–Kier alpha value is -0.210. The van der Waals surface area contributed by atoms with Crippen LogP contribution in [0.4, 0.5) is 0 Å². The third-order valence-corrected chi connectivity index (χ3v) is 3.91. The van der Waals surface area contributed by atoms with Crippen LogP contribution < -0.4 is 0 Å². The molecule has 2 atom stereocenters. The molecule has 1 fully saturated rings. The van der Waals surface area contributed by atoms with Gasteiger partial charge in [0.2, 0.25) is 0 Å². The van der Waals surface area contributed by atoms with Crippen LogP contribution in [0.5, 0.6) is 0 Å². The number of carboxylic acids is 1. The lowest BCUT2D eigenvalue weighted by atomic mass is 9.94. The van der Waals surface area contributed by atoms with Gasteiger partial charge >= 0.3 is 5.97 Å². The number of hydrogen-bond donors (Lipinski definition) is 1. The molecule has 0 bridgehead atoms. The molecule has 16 heavy (non-hydrogen) atoms. The molecular formula is C12H20Cl2O2. The van der Waals surface area contributed by atoms with E-state index in [1.54, 1.807) is 0 Å². The zero-order valence-electron chi connectivity index (χ0n) is 10.4. The number of aliphatic carboxylic acids is 1. The van der Waals surface area contributed by atoms with Crippen molar-refractivity contribution in [2.45, 2.75) is 34.6 Å². The molecule has 0 aromatic heterocycles. The van der Waals surface area contributed by atoms with Gasteiger partial charge in [-0.1, -0.05) is 52.3 Å². The van der Waals surface area contributed by atoms with Crippen molar-refractivity contribution in [3.63, 3.8) is 0 Å². The number of allylic oxidation sites excluding steroid dienone is 2. The highest BCUT2D eigenvalue weighted by molar-refractivity contribution is 6.30. The summed E-state index contributed by atoms with van der Waals surface area (Å²) in [7, 11) is 0. The molecule has 0 saturated heterocycles. The van der Waals surface area contributed by atoms with Crippen LogP contribution in [0.25, 0.3) is 0 Å². The SMILES string of the molecule is CC(C)(C)C(Cl)=CC1C(C(=O)O)C1(C)C.Cl. The average Bonchev–Trinajstić information content (AvgIpc) is 2.50. The summed E-state index contributed by atoms with van der Waals surface area (Å²) in [6, 6.07) is 0. The molecule has 0 radical (unpaired) electrons. The van der Waals surface area contributed by atoms with Crippen LogP contribution in [-0.2, 0) is 4.79 Å². The second-order valence-electron chi connectivity index (χ2n) is 5.93. The van der Waals surface area contributed by atoms with Crippen LogP contribution in [0, 0.1) is 22.7 Å². The standard InChI is InChI=1S/C12H19ClO2.ClH/c1-11(2,3)8(13)6-7-9(10(14)15)12(7,4)5;/h6-7,9H,1-5H3,(H,14,15);1H. The third kappa shape index (κ3) is 2.92. The van der Waals surface area contributed by atoms with Crippen LogP contribution in [0.3, 0.4) is 0 Å². The number of hydrogen-bond acceptors (Lipinski definition) is 1. The summed E-state index contributed by atoms with van der Waals surface area (Å²) in [4.78, 5) is 10.9. The second-order valence-corrected chi connectivity index (χ2v) is 6.33. The average molecular weight is 267 g/mol. The summed E-state index contributed by atoms with van der Waals surface area (Å²) < 4.78 is 0. The van der Waals surface area contributed by atoms with Gasteiger partial charge in [0.25, 0.3) is 0 Å². The minimum atomic E-state index is -0.723. The smallest absolute Gasteiger partial charge is 0.307 e. The Morgan fingerprint density at radius 2 is 1.81 bits per heavy atom. The molecule has 1 aliphatic rings. The van der Waals surface area contributed by atoms with Crippen molar-refractivity contribution in [3.8, 4) is 0 Å². The van der Waals surface area contributed by atoms with Gasteiger partial charge in [-0.05, 0) is 16.7 Å². The van der Waals surface area contributed by atoms with Crippen LogP contribution in [-0.4, -0.2) is 11.1 Å². The Bertz CT molecular complexity index is 313. The number of halogens is 2. The van der Waals surface area contributed by atoms with E-state index < -0.39 is 5.97 Å². The van der Waals surface area contributed by atoms with E-state index in [0.717, 1.165) is 5.03 Å². The molecule has 2 unspecified atom stereocenters. The van der Waals surface area contributed by atoms with E-state index in [2.05, 4.69) is 0 Å². The van der Waals surface area contributed by atoms with Gasteiger partial charge in [-0.25, -0.2) is 0 Å². The predicted molar refractivity (Wildman–Crippen MR) is 69.0 cm³/mol. The summed E-state index contributed by atoms with van der Waals surface area (Å²) in [5, 5.41) is 9.76. The Labute approximate surface area is 108 Å². The molecule has 2 nitrogen and oxygen atoms in total. The highest BCUT2D eigenvalue weighted by Crippen LogP contribution is 2.60. The summed E-state index contributed by atoms with van der Waals surface area (Å²) in [5.41, 5.74) is -0.250. The molecular weight excluding hydrogens is 247 g/mol. The molecule has 0 amide bonds. The number of rotatable bonds is 2. The lowest BCUT2D eigenvalue weighted by Crippen LogP contribution is -2.05. The highest BCUT2D eigenvalue weighted by Gasteiger charge is 2.61. The Balaban J connectivity index is 0.00000225. The van der Waals surface area contributed by atoms with Gasteiger partial charge < -0.3 is 5.11 Å². The van der Waals surface area contributed by atoms with E-state index in [1.165, 1.54) is 0 Å². The molecule has 4 heteroatoms. The summed E-state index contributed by atoms with van der Waals surface area (Å²) >= 11 is 6.16. The first-order chi connectivity index (χ1) is 6.58. The van der Waals surface area contributed by atoms with Gasteiger partial charge in [0, 0.05) is 5.03 Å².